The van der Waals surface area contributed by atoms with Crippen molar-refractivity contribution in [2.24, 2.45) is 10.8 Å². The zero-order valence-corrected chi connectivity index (χ0v) is 16.1. The van der Waals surface area contributed by atoms with E-state index in [1.165, 1.54) is 0 Å². The van der Waals surface area contributed by atoms with Crippen LogP contribution in [0.5, 0.6) is 0 Å². The molecule has 144 valence electrons. The lowest BCUT2D eigenvalue weighted by molar-refractivity contribution is -0.147. The van der Waals surface area contributed by atoms with Gasteiger partial charge >= 0.3 is 11.9 Å². The largest absolute Gasteiger partial charge is 0.465 e. The van der Waals surface area contributed by atoms with Crippen LogP contribution < -0.4 is 0 Å². The number of ether oxygens (including phenoxy) is 2. The van der Waals surface area contributed by atoms with Crippen molar-refractivity contribution in [2.75, 3.05) is 37.9 Å². The fourth-order valence-electron chi connectivity index (χ4n) is 2.36. The summed E-state index contributed by atoms with van der Waals surface area (Å²) in [4.78, 5) is 23.1. The maximum Gasteiger partial charge on any atom is 0.314 e. The van der Waals surface area contributed by atoms with Crippen LogP contribution in [0.25, 0.3) is 0 Å². The number of hydrogen-bond acceptors (Lipinski definition) is 9. The van der Waals surface area contributed by atoms with Crippen LogP contribution in [-0.2, 0) is 37.5 Å². The van der Waals surface area contributed by atoms with Crippen LogP contribution in [-0.4, -0.2) is 58.3 Å². The summed E-state index contributed by atoms with van der Waals surface area (Å²) in [6.07, 6.45) is 1.41. The predicted octanol–water partition coefficient (Wildman–Crippen LogP) is 1.29. The molecule has 0 aromatic carbocycles. The SMILES string of the molecule is CC1(COSCCCS(=O)(=O)OCC2(C)CCOC2=O)CCOC1=O. The van der Waals surface area contributed by atoms with Gasteiger partial charge in [-0.3, -0.25) is 13.8 Å². The van der Waals surface area contributed by atoms with Crippen LogP contribution in [0.1, 0.15) is 33.1 Å². The molecule has 25 heavy (non-hydrogen) atoms. The molecule has 0 N–H and O–H groups in total. The number of esters is 2. The minimum atomic E-state index is -3.71. The fraction of sp³-hybridized carbons (Fsp3) is 0.867. The number of carbonyl (C=O) groups excluding carboxylic acids is 2. The molecule has 10 heteroatoms. The van der Waals surface area contributed by atoms with Gasteiger partial charge < -0.3 is 13.7 Å². The van der Waals surface area contributed by atoms with Gasteiger partial charge in [0.2, 0.25) is 0 Å². The second kappa shape index (κ2) is 8.24. The van der Waals surface area contributed by atoms with Crippen molar-refractivity contribution >= 4 is 34.1 Å². The van der Waals surface area contributed by atoms with Crippen LogP contribution in [0.2, 0.25) is 0 Å². The van der Waals surface area contributed by atoms with Crippen molar-refractivity contribution in [3.05, 3.63) is 0 Å². The van der Waals surface area contributed by atoms with E-state index in [4.69, 9.17) is 17.8 Å². The van der Waals surface area contributed by atoms with Crippen LogP contribution in [0.3, 0.4) is 0 Å². The van der Waals surface area contributed by atoms with Crippen LogP contribution in [0.15, 0.2) is 0 Å². The third-order valence-electron chi connectivity index (χ3n) is 4.40. The summed E-state index contributed by atoms with van der Waals surface area (Å²) in [6, 6.07) is 0. The summed E-state index contributed by atoms with van der Waals surface area (Å²) >= 11 is 1.12. The van der Waals surface area contributed by atoms with Crippen molar-refractivity contribution in [3.8, 4) is 0 Å². The monoisotopic (exact) mass is 396 g/mol. The smallest absolute Gasteiger partial charge is 0.314 e. The molecule has 2 fully saturated rings. The number of hydrogen-bond donors (Lipinski definition) is 0. The number of carbonyl (C=O) groups is 2. The molecule has 0 amide bonds. The summed E-state index contributed by atoms with van der Waals surface area (Å²) in [5.41, 5.74) is -1.51. The second-order valence-corrected chi connectivity index (χ2v) is 9.49. The zero-order valence-electron chi connectivity index (χ0n) is 14.4. The van der Waals surface area contributed by atoms with Crippen molar-refractivity contribution < 1.29 is 35.8 Å². The molecule has 0 radical (unpaired) electrons. The normalized spacial score (nSPS) is 29.7. The molecule has 2 aliphatic rings. The maximum absolute atomic E-state index is 11.9. The van der Waals surface area contributed by atoms with Crippen molar-refractivity contribution in [2.45, 2.75) is 33.1 Å². The molecule has 2 rings (SSSR count). The van der Waals surface area contributed by atoms with Crippen LogP contribution in [0, 0.1) is 10.8 Å². The molecule has 0 bridgehead atoms. The maximum atomic E-state index is 11.9. The quantitative estimate of drug-likeness (QED) is 0.234. The highest BCUT2D eigenvalue weighted by atomic mass is 32.2. The first-order valence-electron chi connectivity index (χ1n) is 8.13. The highest BCUT2D eigenvalue weighted by Crippen LogP contribution is 2.31. The second-order valence-electron chi connectivity index (χ2n) is 6.85. The van der Waals surface area contributed by atoms with E-state index in [0.717, 1.165) is 12.0 Å². The Balaban J connectivity index is 1.60. The molecule has 8 nitrogen and oxygen atoms in total. The lowest BCUT2D eigenvalue weighted by atomic mass is 9.91. The van der Waals surface area contributed by atoms with Gasteiger partial charge in [-0.2, -0.15) is 8.42 Å². The third kappa shape index (κ3) is 5.57. The number of rotatable bonds is 10. The minimum absolute atomic E-state index is 0.159. The standard InChI is InChI=1S/C15H24O8S2/c1-14(4-6-20-12(14)16)10-22-24-8-3-9-25(18,19)23-11-15(2)5-7-21-13(15)17/h3-11H2,1-2H3. The predicted molar refractivity (Wildman–Crippen MR) is 90.1 cm³/mol. The number of cyclic esters (lactones) is 2. The topological polar surface area (TPSA) is 105 Å². The lowest BCUT2D eigenvalue weighted by Gasteiger charge is -2.18. The Labute approximate surface area is 152 Å². The molecule has 0 aromatic rings. The first-order valence-corrected chi connectivity index (χ1v) is 10.6. The van der Waals surface area contributed by atoms with Gasteiger partial charge in [0.15, 0.2) is 0 Å². The highest BCUT2D eigenvalue weighted by molar-refractivity contribution is 7.94. The Bertz CT molecular complexity index is 605. The molecule has 0 aliphatic carbocycles. The highest BCUT2D eigenvalue weighted by Gasteiger charge is 2.42. The molecular formula is C15H24O8S2. The van der Waals surface area contributed by atoms with Crippen LogP contribution >= 0.6 is 12.0 Å². The van der Waals surface area contributed by atoms with Gasteiger partial charge in [0, 0.05) is 5.75 Å². The van der Waals surface area contributed by atoms with E-state index in [-0.39, 0.29) is 24.9 Å². The van der Waals surface area contributed by atoms with E-state index < -0.39 is 26.9 Å². The average Bonchev–Trinajstić information content (AvgIpc) is 3.05. The first-order chi connectivity index (χ1) is 11.7. The van der Waals surface area contributed by atoms with E-state index >= 15 is 0 Å². The summed E-state index contributed by atoms with van der Waals surface area (Å²) in [5.74, 6) is -0.394. The lowest BCUT2D eigenvalue weighted by Crippen LogP contribution is -2.30. The molecule has 0 saturated carbocycles. The van der Waals surface area contributed by atoms with E-state index in [9.17, 15) is 18.0 Å². The summed E-state index contributed by atoms with van der Waals surface area (Å²) in [6.45, 7) is 4.16. The summed E-state index contributed by atoms with van der Waals surface area (Å²) in [5, 5.41) is 0. The Hall–Kier alpha value is -0.840. The van der Waals surface area contributed by atoms with E-state index in [2.05, 4.69) is 0 Å². The van der Waals surface area contributed by atoms with Gasteiger partial charge in [-0.1, -0.05) is 0 Å². The molecule has 2 unspecified atom stereocenters. The first kappa shape index (κ1) is 20.5. The van der Waals surface area contributed by atoms with Crippen molar-refractivity contribution in [1.29, 1.82) is 0 Å². The molecule has 0 spiro atoms. The van der Waals surface area contributed by atoms with Crippen molar-refractivity contribution in [3.63, 3.8) is 0 Å². The Morgan fingerprint density at radius 2 is 1.60 bits per heavy atom. The molecular weight excluding hydrogens is 372 g/mol. The molecule has 2 heterocycles. The average molecular weight is 396 g/mol. The summed E-state index contributed by atoms with van der Waals surface area (Å²) in [7, 11) is -3.71. The third-order valence-corrected chi connectivity index (χ3v) is 6.40. The fourth-order valence-corrected chi connectivity index (χ4v) is 4.32. The van der Waals surface area contributed by atoms with Gasteiger partial charge in [-0.05, 0) is 45.2 Å². The zero-order chi connectivity index (χ0) is 18.6. The Morgan fingerprint density at radius 1 is 1.04 bits per heavy atom. The van der Waals surface area contributed by atoms with Gasteiger partial charge in [0.05, 0.1) is 43.0 Å². The van der Waals surface area contributed by atoms with Gasteiger partial charge in [0.25, 0.3) is 10.1 Å². The molecule has 2 atom stereocenters. The van der Waals surface area contributed by atoms with Crippen molar-refractivity contribution in [1.82, 2.24) is 0 Å². The van der Waals surface area contributed by atoms with Crippen LogP contribution in [0.4, 0.5) is 0 Å². The Morgan fingerprint density at radius 3 is 2.12 bits per heavy atom. The van der Waals surface area contributed by atoms with Gasteiger partial charge in [-0.15, -0.1) is 0 Å². The Kier molecular flexibility index (Phi) is 6.74. The summed E-state index contributed by atoms with van der Waals surface area (Å²) < 4.78 is 43.9. The van der Waals surface area contributed by atoms with E-state index in [1.807, 2.05) is 0 Å². The molecule has 2 aliphatic heterocycles. The van der Waals surface area contributed by atoms with Gasteiger partial charge in [-0.25, -0.2) is 0 Å². The van der Waals surface area contributed by atoms with Gasteiger partial charge in [0.1, 0.15) is 0 Å². The molecule has 0 aromatic heterocycles. The van der Waals surface area contributed by atoms with E-state index in [0.29, 0.717) is 38.2 Å². The molecule has 2 saturated heterocycles. The van der Waals surface area contributed by atoms with E-state index in [1.54, 1.807) is 13.8 Å². The minimum Gasteiger partial charge on any atom is -0.465 e.